The predicted octanol–water partition coefficient (Wildman–Crippen LogP) is -0.945. The Hall–Kier alpha value is -0.530. The predicted molar refractivity (Wildman–Crippen MR) is 51.4 cm³/mol. The van der Waals surface area contributed by atoms with E-state index in [-0.39, 0.29) is 0 Å². The van der Waals surface area contributed by atoms with Crippen molar-refractivity contribution < 1.29 is 33.8 Å². The van der Waals surface area contributed by atoms with Crippen LogP contribution in [-0.4, -0.2) is 39.6 Å². The summed E-state index contributed by atoms with van der Waals surface area (Å²) in [4.78, 5) is 38.7. The van der Waals surface area contributed by atoms with E-state index in [1.807, 2.05) is 0 Å². The van der Waals surface area contributed by atoms with Gasteiger partial charge in [-0.3, -0.25) is 9.13 Å². The molecule has 5 N–H and O–H groups in total. The van der Waals surface area contributed by atoms with Gasteiger partial charge in [-0.15, -0.1) is 0 Å². The maximum absolute atomic E-state index is 10.9. The summed E-state index contributed by atoms with van der Waals surface area (Å²) in [7, 11) is -10.3. The van der Waals surface area contributed by atoms with Crippen LogP contribution in [0.5, 0.6) is 0 Å². The van der Waals surface area contributed by atoms with Crippen LogP contribution < -0.4 is 0 Å². The lowest BCUT2D eigenvalue weighted by Gasteiger charge is -2.24. The Bertz CT molecular complexity index is 412. The van der Waals surface area contributed by atoms with E-state index in [1.54, 1.807) is 0 Å². The second kappa shape index (κ2) is 4.38. The van der Waals surface area contributed by atoms with Gasteiger partial charge in [0.15, 0.2) is 6.23 Å². The van der Waals surface area contributed by atoms with Gasteiger partial charge in [-0.2, -0.15) is 0 Å². The van der Waals surface area contributed by atoms with Crippen molar-refractivity contribution in [2.75, 3.05) is 0 Å². The lowest BCUT2D eigenvalue weighted by atomic mass is 10.6. The molecule has 11 heteroatoms. The first kappa shape index (κ1) is 13.5. The third kappa shape index (κ3) is 2.99. The van der Waals surface area contributed by atoms with E-state index in [1.165, 1.54) is 6.20 Å². The highest BCUT2D eigenvalue weighted by atomic mass is 31.2. The highest BCUT2D eigenvalue weighted by molar-refractivity contribution is 7.70. The average molecular weight is 272 g/mol. The summed E-state index contributed by atoms with van der Waals surface area (Å²) in [5.74, 6) is 0. The first-order chi connectivity index (χ1) is 7.14. The number of aromatic nitrogens is 2. The Kier molecular flexibility index (Phi) is 3.71. The molecule has 0 aliphatic carbocycles. The molecule has 0 spiro atoms. The van der Waals surface area contributed by atoms with Crippen molar-refractivity contribution in [3.8, 4) is 0 Å². The first-order valence-corrected chi connectivity index (χ1v) is 7.26. The van der Waals surface area contributed by atoms with Crippen molar-refractivity contribution in [1.29, 1.82) is 0 Å². The molecule has 9 nitrogen and oxygen atoms in total. The Morgan fingerprint density at radius 2 is 1.62 bits per heavy atom. The second-order valence-electron chi connectivity index (χ2n) is 3.02. The van der Waals surface area contributed by atoms with Crippen molar-refractivity contribution in [2.45, 2.75) is 11.6 Å². The maximum Gasteiger partial charge on any atom is 0.345 e. The molecule has 0 aliphatic heterocycles. The molecule has 1 unspecified atom stereocenters. The zero-order chi connectivity index (χ0) is 12.6. The molecule has 0 fully saturated rings. The summed E-state index contributed by atoms with van der Waals surface area (Å²) in [6.07, 6.45) is 1.26. The minimum absolute atomic E-state index is 0.794. The summed E-state index contributed by atoms with van der Waals surface area (Å²) in [6, 6.07) is 0. The molecule has 0 aromatic carbocycles. The first-order valence-electron chi connectivity index (χ1n) is 3.90. The van der Waals surface area contributed by atoms with Gasteiger partial charge >= 0.3 is 15.2 Å². The summed E-state index contributed by atoms with van der Waals surface area (Å²) >= 11 is 0. The van der Waals surface area contributed by atoms with Crippen LogP contribution in [0.15, 0.2) is 18.7 Å². The highest BCUT2D eigenvalue weighted by Gasteiger charge is 2.49. The number of nitrogens with zero attached hydrogens (tertiary/aromatic N) is 2. The van der Waals surface area contributed by atoms with Crippen LogP contribution in [0.1, 0.15) is 6.23 Å². The highest BCUT2D eigenvalue weighted by Crippen LogP contribution is 2.63. The fourth-order valence-corrected chi connectivity index (χ4v) is 3.69. The summed E-state index contributed by atoms with van der Waals surface area (Å²) in [6.45, 7) is 0. The smallest absolute Gasteiger partial charge is 0.345 e. The third-order valence-electron chi connectivity index (χ3n) is 1.79. The van der Waals surface area contributed by atoms with Gasteiger partial charge in [0, 0.05) is 12.4 Å². The molecule has 0 amide bonds. The molecule has 0 radical (unpaired) electrons. The fourth-order valence-electron chi connectivity index (χ4n) is 1.12. The van der Waals surface area contributed by atoms with Crippen LogP contribution in [0.3, 0.4) is 0 Å². The molecule has 0 aliphatic rings. The lowest BCUT2D eigenvalue weighted by molar-refractivity contribution is 0.102. The Morgan fingerprint density at radius 3 is 1.94 bits per heavy atom. The minimum atomic E-state index is -5.16. The zero-order valence-corrected chi connectivity index (χ0v) is 9.52. The van der Waals surface area contributed by atoms with Crippen molar-refractivity contribution >= 4 is 15.2 Å². The number of hydrogen-bond donors (Lipinski definition) is 5. The number of aliphatic hydroxyl groups excluding tert-OH is 1. The van der Waals surface area contributed by atoms with Crippen molar-refractivity contribution in [2.24, 2.45) is 0 Å². The maximum atomic E-state index is 10.9. The van der Waals surface area contributed by atoms with E-state index in [0.29, 0.717) is 0 Å². The van der Waals surface area contributed by atoms with Crippen LogP contribution in [0, 0.1) is 0 Å². The van der Waals surface area contributed by atoms with Crippen LogP contribution in [0.2, 0.25) is 0 Å². The Morgan fingerprint density at radius 1 is 1.12 bits per heavy atom. The van der Waals surface area contributed by atoms with Gasteiger partial charge in [0.25, 0.3) is 0 Å². The molecular weight excluding hydrogens is 262 g/mol. The molecule has 0 bridgehead atoms. The van der Waals surface area contributed by atoms with Gasteiger partial charge in [0.1, 0.15) is 0 Å². The van der Waals surface area contributed by atoms with Crippen molar-refractivity contribution in [3.63, 3.8) is 0 Å². The number of imidazole rings is 1. The van der Waals surface area contributed by atoms with Gasteiger partial charge in [-0.25, -0.2) is 4.98 Å². The molecule has 1 heterocycles. The van der Waals surface area contributed by atoms with Gasteiger partial charge in [0.2, 0.25) is 5.40 Å². The molecular formula is C5H10N2O7P2. The van der Waals surface area contributed by atoms with Crippen molar-refractivity contribution in [1.82, 2.24) is 9.55 Å². The number of rotatable bonds is 4. The Balaban J connectivity index is 3.14. The molecule has 92 valence electrons. The standard InChI is InChI=1S/C5H10N2O7P2/c8-4(7-2-1-6-3-7)5(15(9,10)11)16(12,13)14/h1-5,8H,(H2,9,10,11)(H2,12,13,14). The molecule has 1 aromatic rings. The van der Waals surface area contributed by atoms with E-state index in [4.69, 9.17) is 19.6 Å². The quantitative estimate of drug-likeness (QED) is 0.440. The molecule has 0 saturated heterocycles. The van der Waals surface area contributed by atoms with Gasteiger partial charge in [0.05, 0.1) is 6.33 Å². The molecule has 0 saturated carbocycles. The average Bonchev–Trinajstić information content (AvgIpc) is 2.48. The van der Waals surface area contributed by atoms with Crippen LogP contribution in [0.4, 0.5) is 0 Å². The normalized spacial score (nSPS) is 15.4. The zero-order valence-electron chi connectivity index (χ0n) is 7.73. The fraction of sp³-hybridized carbons (Fsp3) is 0.400. The van der Waals surface area contributed by atoms with E-state index < -0.39 is 26.8 Å². The third-order valence-corrected chi connectivity index (χ3v) is 5.50. The van der Waals surface area contributed by atoms with Crippen LogP contribution in [-0.2, 0) is 9.13 Å². The Labute approximate surface area is 89.7 Å². The molecule has 16 heavy (non-hydrogen) atoms. The molecule has 1 aromatic heterocycles. The van der Waals surface area contributed by atoms with Gasteiger partial charge < -0.3 is 29.2 Å². The monoisotopic (exact) mass is 272 g/mol. The largest absolute Gasteiger partial charge is 0.372 e. The second-order valence-corrected chi connectivity index (χ2v) is 6.89. The van der Waals surface area contributed by atoms with E-state index in [0.717, 1.165) is 17.1 Å². The van der Waals surface area contributed by atoms with Gasteiger partial charge in [-0.1, -0.05) is 0 Å². The van der Waals surface area contributed by atoms with Crippen LogP contribution in [0.25, 0.3) is 0 Å². The SMILES string of the molecule is O=P(O)(O)C(C(O)n1ccnc1)P(=O)(O)O. The van der Waals surface area contributed by atoms with E-state index in [2.05, 4.69) is 4.98 Å². The number of aliphatic hydroxyl groups is 1. The topological polar surface area (TPSA) is 153 Å². The molecule has 1 rings (SSSR count). The van der Waals surface area contributed by atoms with Crippen LogP contribution >= 0.6 is 15.2 Å². The van der Waals surface area contributed by atoms with E-state index >= 15 is 0 Å². The lowest BCUT2D eigenvalue weighted by Crippen LogP contribution is -2.23. The van der Waals surface area contributed by atoms with E-state index in [9.17, 15) is 14.2 Å². The summed E-state index contributed by atoms with van der Waals surface area (Å²) in [5, 5.41) is 6.97. The van der Waals surface area contributed by atoms with Gasteiger partial charge in [-0.05, 0) is 0 Å². The minimum Gasteiger partial charge on any atom is -0.372 e. The summed E-state index contributed by atoms with van der Waals surface area (Å²) in [5.41, 5.74) is 0. The van der Waals surface area contributed by atoms with Crippen molar-refractivity contribution in [3.05, 3.63) is 18.7 Å². The number of hydrogen-bond acceptors (Lipinski definition) is 4. The summed E-state index contributed by atoms with van der Waals surface area (Å²) < 4.78 is 22.6. The molecule has 1 atom stereocenters.